The van der Waals surface area contributed by atoms with Crippen LogP contribution in [0.2, 0.25) is 5.02 Å². The van der Waals surface area contributed by atoms with Crippen LogP contribution in [0.25, 0.3) is 16.3 Å². The minimum Gasteiger partial charge on any atom is -0.352 e. The molecule has 4 aromatic rings. The molecule has 0 saturated carbocycles. The van der Waals surface area contributed by atoms with E-state index in [1.165, 1.54) is 11.8 Å². The monoisotopic (exact) mass is 564 g/mol. The first-order valence-electron chi connectivity index (χ1n) is 12.6. The molecule has 5 rings (SSSR count). The highest BCUT2D eigenvalue weighted by molar-refractivity contribution is 8.00. The van der Waals surface area contributed by atoms with Crippen molar-refractivity contribution in [3.05, 3.63) is 87.8 Å². The number of hydrogen-bond donors (Lipinski definition) is 1. The number of rotatable bonds is 7. The van der Waals surface area contributed by atoms with Gasteiger partial charge >= 0.3 is 0 Å². The number of anilines is 1. The summed E-state index contributed by atoms with van der Waals surface area (Å²) in [6.07, 6.45) is 0.807. The molecule has 196 valence electrons. The lowest BCUT2D eigenvalue weighted by atomic mass is 10.0. The molecule has 9 heteroatoms. The molecule has 0 saturated heterocycles. The number of benzene rings is 2. The number of hydrogen-bond acceptors (Lipinski definition) is 5. The zero-order valence-electron chi connectivity index (χ0n) is 21.5. The standard InChI is InChI=1S/C29H29ClN4O2S2/c1-4-19(3)31-24(35)16-33-25(36)17-38-28(20-7-5-8-21(30)15-20)26-27(23-9-6-14-37-23)32-34(29(26)33)22-12-10-18(2)11-13-22/h5-15,19,28H,4,16-17H2,1-3H3,(H,31,35)/t19-,28+/m0/s1. The van der Waals surface area contributed by atoms with E-state index in [4.69, 9.17) is 16.7 Å². The molecule has 2 aromatic heterocycles. The number of amides is 2. The molecule has 38 heavy (non-hydrogen) atoms. The Balaban J connectivity index is 1.76. The SMILES string of the molecule is CC[C@H](C)NC(=O)CN1C(=O)CS[C@H](c2cccc(Cl)c2)c2c(-c3cccs3)nn(-c3ccc(C)cc3)c21. The van der Waals surface area contributed by atoms with E-state index in [2.05, 4.69) is 5.32 Å². The number of thioether (sulfide) groups is 1. The van der Waals surface area contributed by atoms with Gasteiger partial charge in [-0.1, -0.05) is 54.4 Å². The Labute approximate surface area is 236 Å². The van der Waals surface area contributed by atoms with Gasteiger partial charge in [0.2, 0.25) is 11.8 Å². The topological polar surface area (TPSA) is 67.2 Å². The number of nitrogens with one attached hydrogen (secondary N) is 1. The highest BCUT2D eigenvalue weighted by Crippen LogP contribution is 2.49. The van der Waals surface area contributed by atoms with Gasteiger partial charge in [0.15, 0.2) is 0 Å². The van der Waals surface area contributed by atoms with E-state index in [-0.39, 0.29) is 35.4 Å². The Morgan fingerprint density at radius 3 is 2.66 bits per heavy atom. The second-order valence-electron chi connectivity index (χ2n) is 9.41. The summed E-state index contributed by atoms with van der Waals surface area (Å²) in [5.41, 5.74) is 4.64. The fraction of sp³-hybridized carbons (Fsp3) is 0.276. The predicted molar refractivity (Wildman–Crippen MR) is 158 cm³/mol. The van der Waals surface area contributed by atoms with Crippen molar-refractivity contribution in [1.29, 1.82) is 0 Å². The van der Waals surface area contributed by atoms with Gasteiger partial charge in [0, 0.05) is 16.6 Å². The van der Waals surface area contributed by atoms with E-state index in [9.17, 15) is 9.59 Å². The Hall–Kier alpha value is -3.07. The Morgan fingerprint density at radius 1 is 1.18 bits per heavy atom. The number of fused-ring (bicyclic) bond motifs is 1. The lowest BCUT2D eigenvalue weighted by molar-refractivity contribution is -0.123. The minimum atomic E-state index is -0.202. The number of aryl methyl sites for hydroxylation is 1. The van der Waals surface area contributed by atoms with E-state index in [1.807, 2.05) is 91.5 Å². The number of thiophene rings is 1. The van der Waals surface area contributed by atoms with Gasteiger partial charge in [-0.15, -0.1) is 23.1 Å². The molecule has 0 bridgehead atoms. The Bertz CT molecular complexity index is 1450. The molecule has 0 aliphatic carbocycles. The first-order chi connectivity index (χ1) is 18.4. The normalized spacial score (nSPS) is 16.2. The molecule has 0 unspecified atom stereocenters. The van der Waals surface area contributed by atoms with Crippen LogP contribution in [0.5, 0.6) is 0 Å². The molecule has 2 amide bonds. The van der Waals surface area contributed by atoms with Crippen LogP contribution >= 0.6 is 34.7 Å². The first kappa shape index (κ1) is 26.5. The fourth-order valence-corrected chi connectivity index (χ4v) is 6.59. The van der Waals surface area contributed by atoms with E-state index >= 15 is 0 Å². The summed E-state index contributed by atoms with van der Waals surface area (Å²) in [6.45, 7) is 5.93. The van der Waals surface area contributed by atoms with Gasteiger partial charge in [0.05, 0.1) is 21.6 Å². The van der Waals surface area contributed by atoms with Crippen molar-refractivity contribution < 1.29 is 9.59 Å². The maximum Gasteiger partial charge on any atom is 0.240 e. The number of halogens is 1. The average molecular weight is 565 g/mol. The molecule has 0 fully saturated rings. The molecular formula is C29H29ClN4O2S2. The smallest absolute Gasteiger partial charge is 0.240 e. The van der Waals surface area contributed by atoms with Crippen LogP contribution in [0.15, 0.2) is 66.0 Å². The van der Waals surface area contributed by atoms with Gasteiger partial charge in [0.25, 0.3) is 0 Å². The summed E-state index contributed by atoms with van der Waals surface area (Å²) in [6, 6.07) is 19.8. The van der Waals surface area contributed by atoms with Crippen LogP contribution < -0.4 is 10.2 Å². The van der Waals surface area contributed by atoms with Crippen molar-refractivity contribution in [1.82, 2.24) is 15.1 Å². The molecule has 1 aliphatic rings. The fourth-order valence-electron chi connectivity index (χ4n) is 4.48. The molecule has 1 aliphatic heterocycles. The van der Waals surface area contributed by atoms with Crippen molar-refractivity contribution in [2.45, 2.75) is 38.5 Å². The number of aromatic nitrogens is 2. The maximum atomic E-state index is 13.7. The molecule has 6 nitrogen and oxygen atoms in total. The van der Waals surface area contributed by atoms with Crippen LogP contribution in [-0.2, 0) is 9.59 Å². The van der Waals surface area contributed by atoms with Gasteiger partial charge in [-0.05, 0) is 61.5 Å². The van der Waals surface area contributed by atoms with E-state index < -0.39 is 0 Å². The lowest BCUT2D eigenvalue weighted by Crippen LogP contribution is -2.44. The number of nitrogens with zero attached hydrogens (tertiary/aromatic N) is 3. The maximum absolute atomic E-state index is 13.7. The first-order valence-corrected chi connectivity index (χ1v) is 14.9. The van der Waals surface area contributed by atoms with Crippen molar-refractivity contribution in [3.8, 4) is 16.3 Å². The van der Waals surface area contributed by atoms with Crippen LogP contribution in [0.4, 0.5) is 5.82 Å². The number of carbonyl (C=O) groups excluding carboxylic acids is 2. The van der Waals surface area contributed by atoms with Crippen molar-refractivity contribution >= 4 is 52.3 Å². The molecule has 0 radical (unpaired) electrons. The third-order valence-electron chi connectivity index (χ3n) is 6.60. The Kier molecular flexibility index (Phi) is 7.93. The second-order valence-corrected chi connectivity index (χ2v) is 11.9. The molecule has 1 N–H and O–H groups in total. The van der Waals surface area contributed by atoms with Gasteiger partial charge < -0.3 is 5.32 Å². The van der Waals surface area contributed by atoms with Crippen molar-refractivity contribution in [2.75, 3.05) is 17.2 Å². The highest BCUT2D eigenvalue weighted by Gasteiger charge is 2.38. The van der Waals surface area contributed by atoms with Crippen LogP contribution in [0.1, 0.15) is 42.2 Å². The van der Waals surface area contributed by atoms with Gasteiger partial charge in [-0.2, -0.15) is 5.10 Å². The van der Waals surface area contributed by atoms with Crippen LogP contribution in [0, 0.1) is 6.92 Å². The molecule has 0 spiro atoms. The highest BCUT2D eigenvalue weighted by atomic mass is 35.5. The lowest BCUT2D eigenvalue weighted by Gasteiger charge is -2.24. The summed E-state index contributed by atoms with van der Waals surface area (Å²) in [5, 5.41) is 10.6. The summed E-state index contributed by atoms with van der Waals surface area (Å²) in [4.78, 5) is 29.4. The van der Waals surface area contributed by atoms with Crippen molar-refractivity contribution in [3.63, 3.8) is 0 Å². The largest absolute Gasteiger partial charge is 0.352 e. The second kappa shape index (κ2) is 11.4. The van der Waals surface area contributed by atoms with Gasteiger partial charge in [0.1, 0.15) is 18.1 Å². The zero-order valence-corrected chi connectivity index (χ0v) is 23.9. The van der Waals surface area contributed by atoms with E-state index in [0.717, 1.165) is 39.4 Å². The third kappa shape index (κ3) is 5.39. The molecule has 2 aromatic carbocycles. The quantitative estimate of drug-likeness (QED) is 0.273. The minimum absolute atomic E-state index is 0.0151. The summed E-state index contributed by atoms with van der Waals surface area (Å²) >= 11 is 9.56. The summed E-state index contributed by atoms with van der Waals surface area (Å²) in [7, 11) is 0. The van der Waals surface area contributed by atoms with E-state index in [1.54, 1.807) is 16.2 Å². The third-order valence-corrected chi connectivity index (χ3v) is 8.96. The number of carbonyl (C=O) groups is 2. The van der Waals surface area contributed by atoms with Crippen molar-refractivity contribution in [2.24, 2.45) is 0 Å². The van der Waals surface area contributed by atoms with E-state index in [0.29, 0.717) is 10.8 Å². The average Bonchev–Trinajstić information content (AvgIpc) is 3.54. The zero-order chi connectivity index (χ0) is 26.8. The summed E-state index contributed by atoms with van der Waals surface area (Å²) < 4.78 is 1.82. The van der Waals surface area contributed by atoms with Gasteiger partial charge in [-0.3, -0.25) is 14.5 Å². The predicted octanol–water partition coefficient (Wildman–Crippen LogP) is 6.65. The summed E-state index contributed by atoms with van der Waals surface area (Å²) in [5.74, 6) is 0.516. The molecule has 2 atom stereocenters. The molecule has 3 heterocycles. The Morgan fingerprint density at radius 2 is 1.97 bits per heavy atom. The van der Waals surface area contributed by atoms with Gasteiger partial charge in [-0.25, -0.2) is 4.68 Å². The van der Waals surface area contributed by atoms with Crippen LogP contribution in [-0.4, -0.2) is 39.9 Å². The van der Waals surface area contributed by atoms with Crippen LogP contribution in [0.3, 0.4) is 0 Å². The molecular weight excluding hydrogens is 536 g/mol.